The zero-order chi connectivity index (χ0) is 11.1. The van der Waals surface area contributed by atoms with E-state index in [1.165, 1.54) is 19.4 Å². The van der Waals surface area contributed by atoms with Gasteiger partial charge in [-0.15, -0.1) is 24.8 Å². The van der Waals surface area contributed by atoms with E-state index < -0.39 is 0 Å². The van der Waals surface area contributed by atoms with Crippen LogP contribution in [0.3, 0.4) is 0 Å². The van der Waals surface area contributed by atoms with Gasteiger partial charge in [0.25, 0.3) is 0 Å². The van der Waals surface area contributed by atoms with E-state index in [1.807, 2.05) is 18.7 Å². The van der Waals surface area contributed by atoms with Gasteiger partial charge in [-0.3, -0.25) is 0 Å². The van der Waals surface area contributed by atoms with Crippen molar-refractivity contribution in [1.29, 1.82) is 0 Å². The average Bonchev–Trinajstić information content (AvgIpc) is 2.83. The van der Waals surface area contributed by atoms with Crippen LogP contribution in [0.4, 0.5) is 0 Å². The Morgan fingerprint density at radius 3 is 2.94 bits per heavy atom. The molecule has 0 bridgehead atoms. The smallest absolute Gasteiger partial charge is 0.0945 e. The van der Waals surface area contributed by atoms with Crippen LogP contribution >= 0.6 is 24.8 Å². The monoisotopic (exact) mass is 295 g/mol. The Bertz CT molecular complexity index is 277. The molecule has 0 unspecified atom stereocenters. The van der Waals surface area contributed by atoms with Crippen LogP contribution in [0.5, 0.6) is 0 Å². The number of imidazole rings is 1. The molecule has 1 fully saturated rings. The highest BCUT2D eigenvalue weighted by atomic mass is 35.5. The van der Waals surface area contributed by atoms with Crippen LogP contribution < -0.4 is 5.32 Å². The number of nitrogens with zero attached hydrogens (tertiary/aromatic N) is 2. The van der Waals surface area contributed by atoms with E-state index in [9.17, 15) is 0 Å². The number of nitrogens with one attached hydrogen (secondary N) is 1. The molecule has 1 aliphatic heterocycles. The molecule has 1 aliphatic rings. The molecule has 6 heteroatoms. The lowest BCUT2D eigenvalue weighted by atomic mass is 10.0. The molecule has 0 spiro atoms. The van der Waals surface area contributed by atoms with Gasteiger partial charge in [-0.25, -0.2) is 4.98 Å². The Kier molecular flexibility index (Phi) is 10.4. The van der Waals surface area contributed by atoms with Crippen molar-refractivity contribution in [2.24, 2.45) is 5.92 Å². The molecule has 1 saturated heterocycles. The standard InChI is InChI=1S/C12H21N3O.2ClH/c1-3-12(9-13-4-1)10-16-8-2-6-15-7-5-14-11-15;;/h5,7,11-13H,1-4,6,8-10H2;2*1H/t12-;;/m0../s1. The van der Waals surface area contributed by atoms with Crippen molar-refractivity contribution >= 4 is 24.8 Å². The molecule has 0 aromatic carbocycles. The second-order valence-corrected chi connectivity index (χ2v) is 4.44. The van der Waals surface area contributed by atoms with Crippen molar-refractivity contribution in [3.05, 3.63) is 18.7 Å². The summed E-state index contributed by atoms with van der Waals surface area (Å²) >= 11 is 0. The third-order valence-corrected chi connectivity index (χ3v) is 3.02. The number of ether oxygens (including phenoxy) is 1. The fourth-order valence-corrected chi connectivity index (χ4v) is 2.08. The van der Waals surface area contributed by atoms with Gasteiger partial charge in [-0.2, -0.15) is 0 Å². The maximum atomic E-state index is 5.70. The first kappa shape index (κ1) is 17.7. The highest BCUT2D eigenvalue weighted by Crippen LogP contribution is 2.09. The molecule has 4 nitrogen and oxygen atoms in total. The molecular formula is C12H23Cl2N3O. The number of aromatic nitrogens is 2. The first-order valence-electron chi connectivity index (χ1n) is 6.19. The van der Waals surface area contributed by atoms with E-state index in [4.69, 9.17) is 4.74 Å². The maximum absolute atomic E-state index is 5.70. The number of halogens is 2. The predicted molar refractivity (Wildman–Crippen MR) is 77.8 cm³/mol. The van der Waals surface area contributed by atoms with E-state index >= 15 is 0 Å². The average molecular weight is 296 g/mol. The molecule has 106 valence electrons. The van der Waals surface area contributed by atoms with E-state index in [0.717, 1.165) is 38.6 Å². The van der Waals surface area contributed by atoms with Gasteiger partial charge in [0, 0.05) is 32.1 Å². The van der Waals surface area contributed by atoms with Gasteiger partial charge in [-0.05, 0) is 31.7 Å². The highest BCUT2D eigenvalue weighted by molar-refractivity contribution is 5.85. The topological polar surface area (TPSA) is 39.1 Å². The minimum Gasteiger partial charge on any atom is -0.381 e. The van der Waals surface area contributed by atoms with Crippen molar-refractivity contribution in [3.63, 3.8) is 0 Å². The van der Waals surface area contributed by atoms with Crippen molar-refractivity contribution < 1.29 is 4.74 Å². The molecule has 2 heterocycles. The predicted octanol–water partition coefficient (Wildman–Crippen LogP) is 2.13. The van der Waals surface area contributed by atoms with Crippen molar-refractivity contribution in [1.82, 2.24) is 14.9 Å². The van der Waals surface area contributed by atoms with Gasteiger partial charge in [0.15, 0.2) is 0 Å². The van der Waals surface area contributed by atoms with Crippen LogP contribution in [-0.2, 0) is 11.3 Å². The summed E-state index contributed by atoms with van der Waals surface area (Å²) in [6.45, 7) is 5.08. The third-order valence-electron chi connectivity index (χ3n) is 3.02. The highest BCUT2D eigenvalue weighted by Gasteiger charge is 2.12. The SMILES string of the molecule is Cl.Cl.c1cn(CCCOC[C@H]2CCCNC2)cn1. The normalized spacial score (nSPS) is 18.8. The fraction of sp³-hybridized carbons (Fsp3) is 0.750. The quantitative estimate of drug-likeness (QED) is 0.817. The number of piperidine rings is 1. The molecule has 0 aliphatic carbocycles. The summed E-state index contributed by atoms with van der Waals surface area (Å²) in [7, 11) is 0. The molecule has 1 N–H and O–H groups in total. The first-order valence-corrected chi connectivity index (χ1v) is 6.19. The summed E-state index contributed by atoms with van der Waals surface area (Å²) in [6.07, 6.45) is 9.33. The summed E-state index contributed by atoms with van der Waals surface area (Å²) in [5.41, 5.74) is 0. The Morgan fingerprint density at radius 2 is 2.28 bits per heavy atom. The van der Waals surface area contributed by atoms with Crippen molar-refractivity contribution in [2.45, 2.75) is 25.8 Å². The fourth-order valence-electron chi connectivity index (χ4n) is 2.08. The van der Waals surface area contributed by atoms with Gasteiger partial charge >= 0.3 is 0 Å². The molecule has 18 heavy (non-hydrogen) atoms. The van der Waals surface area contributed by atoms with Crippen LogP contribution in [0.2, 0.25) is 0 Å². The Hall–Kier alpha value is -0.290. The second-order valence-electron chi connectivity index (χ2n) is 4.44. The van der Waals surface area contributed by atoms with Gasteiger partial charge in [-0.1, -0.05) is 0 Å². The van der Waals surface area contributed by atoms with Gasteiger partial charge in [0.05, 0.1) is 12.9 Å². The molecule has 0 saturated carbocycles. The molecule has 0 radical (unpaired) electrons. The zero-order valence-corrected chi connectivity index (χ0v) is 12.2. The van der Waals surface area contributed by atoms with Crippen LogP contribution in [0.25, 0.3) is 0 Å². The second kappa shape index (κ2) is 10.6. The number of hydrogen-bond donors (Lipinski definition) is 1. The summed E-state index contributed by atoms with van der Waals surface area (Å²) in [5, 5.41) is 3.41. The summed E-state index contributed by atoms with van der Waals surface area (Å²) in [6, 6.07) is 0. The molecule has 0 amide bonds. The summed E-state index contributed by atoms with van der Waals surface area (Å²) < 4.78 is 7.79. The minimum absolute atomic E-state index is 0. The lowest BCUT2D eigenvalue weighted by molar-refractivity contribution is 0.0861. The lowest BCUT2D eigenvalue weighted by Gasteiger charge is -2.22. The molecule has 2 rings (SSSR count). The zero-order valence-electron chi connectivity index (χ0n) is 10.6. The van der Waals surface area contributed by atoms with Crippen LogP contribution in [0.1, 0.15) is 19.3 Å². The van der Waals surface area contributed by atoms with Crippen LogP contribution in [0, 0.1) is 5.92 Å². The maximum Gasteiger partial charge on any atom is 0.0945 e. The molecule has 1 aromatic heterocycles. The molecule has 1 aromatic rings. The first-order chi connectivity index (χ1) is 7.95. The summed E-state index contributed by atoms with van der Waals surface area (Å²) in [4.78, 5) is 4.01. The Balaban J connectivity index is 0.00000144. The van der Waals surface area contributed by atoms with E-state index in [2.05, 4.69) is 14.9 Å². The van der Waals surface area contributed by atoms with Gasteiger partial charge < -0.3 is 14.6 Å². The van der Waals surface area contributed by atoms with Crippen molar-refractivity contribution in [2.75, 3.05) is 26.3 Å². The lowest BCUT2D eigenvalue weighted by Crippen LogP contribution is -2.32. The van der Waals surface area contributed by atoms with E-state index in [0.29, 0.717) is 0 Å². The Morgan fingerprint density at radius 1 is 1.39 bits per heavy atom. The van der Waals surface area contributed by atoms with Gasteiger partial charge in [0.1, 0.15) is 0 Å². The van der Waals surface area contributed by atoms with Crippen LogP contribution in [-0.4, -0.2) is 35.9 Å². The number of hydrogen-bond acceptors (Lipinski definition) is 3. The largest absolute Gasteiger partial charge is 0.381 e. The number of rotatable bonds is 6. The van der Waals surface area contributed by atoms with E-state index in [1.54, 1.807) is 0 Å². The van der Waals surface area contributed by atoms with Crippen LogP contribution in [0.15, 0.2) is 18.7 Å². The molecular weight excluding hydrogens is 273 g/mol. The van der Waals surface area contributed by atoms with Gasteiger partial charge in [0.2, 0.25) is 0 Å². The summed E-state index contributed by atoms with van der Waals surface area (Å²) in [5.74, 6) is 0.724. The minimum atomic E-state index is 0. The number of aryl methyl sites for hydroxylation is 1. The van der Waals surface area contributed by atoms with Crippen molar-refractivity contribution in [3.8, 4) is 0 Å². The third kappa shape index (κ3) is 6.59. The molecule has 1 atom stereocenters. The Labute approximate surface area is 121 Å². The van der Waals surface area contributed by atoms with E-state index in [-0.39, 0.29) is 24.8 Å².